The highest BCUT2D eigenvalue weighted by Gasteiger charge is 2.37. The third kappa shape index (κ3) is 2.83. The minimum Gasteiger partial charge on any atom is -0.485 e. The molecule has 24 heavy (non-hydrogen) atoms. The molecule has 0 unspecified atom stereocenters. The fraction of sp³-hybridized carbons (Fsp3) is 0.438. The van der Waals surface area contributed by atoms with Crippen molar-refractivity contribution in [2.24, 2.45) is 5.92 Å². The zero-order valence-corrected chi connectivity index (χ0v) is 13.7. The van der Waals surface area contributed by atoms with E-state index in [0.29, 0.717) is 49.1 Å². The molecule has 0 spiro atoms. The van der Waals surface area contributed by atoms with Crippen molar-refractivity contribution in [1.29, 1.82) is 0 Å². The SMILES string of the molecule is O=C(c1scc2c1OCCO2)N1C[C@@H](Cc2cnccn2)[C@H](O)C1. The number of carbonyl (C=O) groups excluding carboxylic acids is 1. The molecule has 0 radical (unpaired) electrons. The summed E-state index contributed by atoms with van der Waals surface area (Å²) in [5.41, 5.74) is 0.820. The molecule has 0 saturated carbocycles. The van der Waals surface area contributed by atoms with Gasteiger partial charge in [-0.3, -0.25) is 14.8 Å². The van der Waals surface area contributed by atoms with Gasteiger partial charge < -0.3 is 19.5 Å². The van der Waals surface area contributed by atoms with Gasteiger partial charge in [0.25, 0.3) is 5.91 Å². The molecule has 0 aromatic carbocycles. The van der Waals surface area contributed by atoms with Crippen LogP contribution in [0.2, 0.25) is 0 Å². The second kappa shape index (κ2) is 6.37. The lowest BCUT2D eigenvalue weighted by Gasteiger charge is -2.19. The number of aliphatic hydroxyl groups excluding tert-OH is 1. The smallest absolute Gasteiger partial charge is 0.268 e. The van der Waals surface area contributed by atoms with Gasteiger partial charge in [0.15, 0.2) is 11.5 Å². The van der Waals surface area contributed by atoms with Gasteiger partial charge in [-0.15, -0.1) is 11.3 Å². The lowest BCUT2D eigenvalue weighted by molar-refractivity contribution is 0.0760. The van der Waals surface area contributed by atoms with Crippen LogP contribution in [0.4, 0.5) is 0 Å². The number of likely N-dealkylation sites (tertiary alicyclic amines) is 1. The van der Waals surface area contributed by atoms with Crippen molar-refractivity contribution in [1.82, 2.24) is 14.9 Å². The third-order valence-corrected chi connectivity index (χ3v) is 5.20. The monoisotopic (exact) mass is 347 g/mol. The van der Waals surface area contributed by atoms with Crippen LogP contribution in [-0.4, -0.2) is 58.3 Å². The van der Waals surface area contributed by atoms with Gasteiger partial charge in [-0.2, -0.15) is 0 Å². The highest BCUT2D eigenvalue weighted by molar-refractivity contribution is 7.12. The predicted octanol–water partition coefficient (Wildman–Crippen LogP) is 0.985. The van der Waals surface area contributed by atoms with E-state index in [2.05, 4.69) is 9.97 Å². The van der Waals surface area contributed by atoms with E-state index in [9.17, 15) is 9.90 Å². The van der Waals surface area contributed by atoms with E-state index in [1.165, 1.54) is 11.3 Å². The second-order valence-corrected chi connectivity index (χ2v) is 6.77. The van der Waals surface area contributed by atoms with Crippen LogP contribution in [0.25, 0.3) is 0 Å². The standard InChI is InChI=1S/C16H17N3O4S/c20-12-8-19(7-10(12)5-11-6-17-1-2-18-11)16(21)15-14-13(9-24-15)22-3-4-23-14/h1-2,6,9-10,12,20H,3-5,7-8H2/t10-,12-/m1/s1. The largest absolute Gasteiger partial charge is 0.485 e. The van der Waals surface area contributed by atoms with E-state index < -0.39 is 6.10 Å². The number of aromatic nitrogens is 2. The number of thiophene rings is 1. The summed E-state index contributed by atoms with van der Waals surface area (Å²) < 4.78 is 11.1. The Bertz CT molecular complexity index is 736. The molecule has 0 aliphatic carbocycles. The number of β-amino-alcohol motifs (C(OH)–C–C–N with tert-alkyl or cyclic N) is 1. The Morgan fingerprint density at radius 3 is 3.04 bits per heavy atom. The molecule has 8 heteroatoms. The van der Waals surface area contributed by atoms with Gasteiger partial charge in [-0.1, -0.05) is 0 Å². The molecular weight excluding hydrogens is 330 g/mol. The van der Waals surface area contributed by atoms with Crippen molar-refractivity contribution in [2.75, 3.05) is 26.3 Å². The first-order valence-electron chi connectivity index (χ1n) is 7.81. The van der Waals surface area contributed by atoms with Gasteiger partial charge in [-0.05, 0) is 6.42 Å². The Kier molecular flexibility index (Phi) is 4.07. The average Bonchev–Trinajstić information content (AvgIpc) is 3.19. The molecule has 0 bridgehead atoms. The van der Waals surface area contributed by atoms with Crippen LogP contribution in [0, 0.1) is 5.92 Å². The zero-order valence-electron chi connectivity index (χ0n) is 12.9. The summed E-state index contributed by atoms with van der Waals surface area (Å²) in [7, 11) is 0. The van der Waals surface area contributed by atoms with E-state index in [1.54, 1.807) is 28.9 Å². The van der Waals surface area contributed by atoms with Gasteiger partial charge in [0.05, 0.1) is 11.8 Å². The molecule has 1 saturated heterocycles. The quantitative estimate of drug-likeness (QED) is 0.891. The fourth-order valence-electron chi connectivity index (χ4n) is 3.08. The summed E-state index contributed by atoms with van der Waals surface area (Å²) in [6, 6.07) is 0. The summed E-state index contributed by atoms with van der Waals surface area (Å²) in [5, 5.41) is 12.1. The van der Waals surface area contributed by atoms with Crippen molar-refractivity contribution in [3.05, 3.63) is 34.5 Å². The summed E-state index contributed by atoms with van der Waals surface area (Å²) in [4.78, 5) is 23.3. The van der Waals surface area contributed by atoms with Crippen LogP contribution in [0.3, 0.4) is 0 Å². The topological polar surface area (TPSA) is 84.8 Å². The average molecular weight is 347 g/mol. The van der Waals surface area contributed by atoms with Crippen molar-refractivity contribution < 1.29 is 19.4 Å². The Balaban J connectivity index is 1.47. The van der Waals surface area contributed by atoms with Crippen LogP contribution in [0.5, 0.6) is 11.5 Å². The molecule has 1 N–H and O–H groups in total. The van der Waals surface area contributed by atoms with E-state index in [1.807, 2.05) is 0 Å². The summed E-state index contributed by atoms with van der Waals surface area (Å²) in [5.74, 6) is 1.000. The predicted molar refractivity (Wildman–Crippen MR) is 86.4 cm³/mol. The van der Waals surface area contributed by atoms with Gasteiger partial charge in [0, 0.05) is 43.0 Å². The Labute approximate surface area is 142 Å². The van der Waals surface area contributed by atoms with Gasteiger partial charge in [0.2, 0.25) is 0 Å². The van der Waals surface area contributed by atoms with Crippen molar-refractivity contribution in [3.63, 3.8) is 0 Å². The number of hydrogen-bond acceptors (Lipinski definition) is 7. The molecule has 4 rings (SSSR count). The van der Waals surface area contributed by atoms with Crippen molar-refractivity contribution >= 4 is 17.2 Å². The van der Waals surface area contributed by atoms with E-state index >= 15 is 0 Å². The molecule has 1 amide bonds. The van der Waals surface area contributed by atoms with Crippen molar-refractivity contribution in [3.8, 4) is 11.5 Å². The molecule has 4 heterocycles. The first kappa shape index (κ1) is 15.3. The van der Waals surface area contributed by atoms with Crippen LogP contribution in [0.1, 0.15) is 15.4 Å². The van der Waals surface area contributed by atoms with Gasteiger partial charge in [0.1, 0.15) is 18.1 Å². The minimum atomic E-state index is -0.566. The molecule has 7 nitrogen and oxygen atoms in total. The van der Waals surface area contributed by atoms with Crippen LogP contribution in [-0.2, 0) is 6.42 Å². The van der Waals surface area contributed by atoms with E-state index in [0.717, 1.165) is 5.69 Å². The first-order valence-corrected chi connectivity index (χ1v) is 8.69. The maximum absolute atomic E-state index is 12.8. The Morgan fingerprint density at radius 2 is 2.21 bits per heavy atom. The first-order chi connectivity index (χ1) is 11.7. The molecule has 126 valence electrons. The van der Waals surface area contributed by atoms with E-state index in [-0.39, 0.29) is 11.8 Å². The van der Waals surface area contributed by atoms with Crippen LogP contribution >= 0.6 is 11.3 Å². The number of fused-ring (bicyclic) bond motifs is 1. The normalized spacial score (nSPS) is 22.6. The zero-order chi connectivity index (χ0) is 16.5. The van der Waals surface area contributed by atoms with E-state index in [4.69, 9.17) is 9.47 Å². The summed E-state index contributed by atoms with van der Waals surface area (Å²) >= 11 is 1.32. The maximum Gasteiger partial charge on any atom is 0.268 e. The maximum atomic E-state index is 12.8. The molecular formula is C16H17N3O4S. The molecule has 2 atom stereocenters. The number of aliphatic hydroxyl groups is 1. The molecule has 2 aliphatic rings. The number of carbonyl (C=O) groups is 1. The van der Waals surface area contributed by atoms with Gasteiger partial charge in [-0.25, -0.2) is 0 Å². The second-order valence-electron chi connectivity index (χ2n) is 5.89. The summed E-state index contributed by atoms with van der Waals surface area (Å²) in [6.07, 6.45) is 4.98. The van der Waals surface area contributed by atoms with Crippen molar-refractivity contribution in [2.45, 2.75) is 12.5 Å². The highest BCUT2D eigenvalue weighted by atomic mass is 32.1. The number of amides is 1. The van der Waals surface area contributed by atoms with Crippen LogP contribution < -0.4 is 9.47 Å². The Hall–Kier alpha value is -2.19. The van der Waals surface area contributed by atoms with Gasteiger partial charge >= 0.3 is 0 Å². The molecule has 2 aromatic rings. The number of hydrogen-bond donors (Lipinski definition) is 1. The lowest BCUT2D eigenvalue weighted by Crippen LogP contribution is -2.29. The Morgan fingerprint density at radius 1 is 1.33 bits per heavy atom. The number of rotatable bonds is 3. The summed E-state index contributed by atoms with van der Waals surface area (Å²) in [6.45, 7) is 1.75. The molecule has 2 aliphatic heterocycles. The highest BCUT2D eigenvalue weighted by Crippen LogP contribution is 2.40. The fourth-order valence-corrected chi connectivity index (χ4v) is 3.98. The third-order valence-electron chi connectivity index (χ3n) is 4.28. The van der Waals surface area contributed by atoms with Crippen LogP contribution in [0.15, 0.2) is 24.0 Å². The molecule has 1 fully saturated rings. The minimum absolute atomic E-state index is 0.0430. The lowest BCUT2D eigenvalue weighted by atomic mass is 10.0. The molecule has 2 aromatic heterocycles. The number of nitrogens with zero attached hydrogens (tertiary/aromatic N) is 3. The number of ether oxygens (including phenoxy) is 2.